The highest BCUT2D eigenvalue weighted by atomic mass is 16.2. The summed E-state index contributed by atoms with van der Waals surface area (Å²) in [5, 5.41) is 9.23. The molecule has 0 fully saturated rings. The summed E-state index contributed by atoms with van der Waals surface area (Å²) >= 11 is 0. The van der Waals surface area contributed by atoms with Gasteiger partial charge in [-0.3, -0.25) is 9.89 Å². The van der Waals surface area contributed by atoms with Crippen molar-refractivity contribution < 1.29 is 4.79 Å². The second kappa shape index (κ2) is 4.79. The summed E-state index contributed by atoms with van der Waals surface area (Å²) in [6, 6.07) is 0. The predicted octanol–water partition coefficient (Wildman–Crippen LogP) is 0.855. The molecular formula is C11H16N4O. The van der Waals surface area contributed by atoms with E-state index in [1.54, 1.807) is 6.92 Å². The van der Waals surface area contributed by atoms with E-state index in [9.17, 15) is 4.79 Å². The molecule has 0 aliphatic rings. The molecule has 1 rings (SSSR count). The first-order valence-electron chi connectivity index (χ1n) is 5.06. The number of hydrogen-bond donors (Lipinski definition) is 2. The largest absolute Gasteiger partial charge is 0.338 e. The normalized spacial score (nSPS) is 10.5. The van der Waals surface area contributed by atoms with Gasteiger partial charge in [0.05, 0.1) is 6.54 Å². The van der Waals surface area contributed by atoms with Gasteiger partial charge in [-0.2, -0.15) is 0 Å². The van der Waals surface area contributed by atoms with Crippen molar-refractivity contribution >= 4 is 5.91 Å². The number of nitrogens with zero attached hydrogens (tertiary/aromatic N) is 2. The number of aromatic nitrogens is 3. The summed E-state index contributed by atoms with van der Waals surface area (Å²) in [7, 11) is 0. The highest BCUT2D eigenvalue weighted by molar-refractivity contribution is 5.90. The maximum absolute atomic E-state index is 11.5. The molecule has 1 amide bonds. The van der Waals surface area contributed by atoms with E-state index >= 15 is 0 Å². The molecule has 1 aromatic rings. The van der Waals surface area contributed by atoms with Gasteiger partial charge in [0, 0.05) is 5.41 Å². The number of carbonyl (C=O) groups excluding carboxylic acids is 1. The third kappa shape index (κ3) is 3.09. The Labute approximate surface area is 95.0 Å². The number of aromatic amines is 1. The first kappa shape index (κ1) is 12.2. The molecule has 0 saturated carbocycles. The Morgan fingerprint density at radius 2 is 2.19 bits per heavy atom. The van der Waals surface area contributed by atoms with E-state index in [2.05, 4.69) is 32.3 Å². The van der Waals surface area contributed by atoms with Crippen LogP contribution in [-0.4, -0.2) is 27.6 Å². The molecule has 1 heterocycles. The van der Waals surface area contributed by atoms with Crippen LogP contribution in [0.5, 0.6) is 0 Å². The molecule has 0 spiro atoms. The molecule has 0 atom stereocenters. The average Bonchev–Trinajstić information content (AvgIpc) is 2.66. The van der Waals surface area contributed by atoms with Crippen LogP contribution in [0.3, 0.4) is 0 Å². The SMILES string of the molecule is CC#CCNC(=O)c1n[nH]c(C(C)(C)C)n1. The highest BCUT2D eigenvalue weighted by Crippen LogP contribution is 2.17. The smallest absolute Gasteiger partial charge is 0.291 e. The maximum Gasteiger partial charge on any atom is 0.291 e. The Balaban J connectivity index is 2.70. The number of amides is 1. The van der Waals surface area contributed by atoms with Crippen LogP contribution in [0.1, 0.15) is 44.1 Å². The molecule has 16 heavy (non-hydrogen) atoms. The first-order valence-corrected chi connectivity index (χ1v) is 5.06. The van der Waals surface area contributed by atoms with Crippen LogP contribution in [0.4, 0.5) is 0 Å². The van der Waals surface area contributed by atoms with Gasteiger partial charge in [0.2, 0.25) is 5.82 Å². The molecule has 5 heteroatoms. The van der Waals surface area contributed by atoms with Crippen molar-refractivity contribution in [3.63, 3.8) is 0 Å². The lowest BCUT2D eigenvalue weighted by Gasteiger charge is -2.12. The monoisotopic (exact) mass is 220 g/mol. The van der Waals surface area contributed by atoms with Crippen molar-refractivity contribution in [2.45, 2.75) is 33.1 Å². The second-order valence-corrected chi connectivity index (χ2v) is 4.37. The molecule has 5 nitrogen and oxygen atoms in total. The maximum atomic E-state index is 11.5. The van der Waals surface area contributed by atoms with Gasteiger partial charge in [0.1, 0.15) is 5.82 Å². The first-order chi connectivity index (χ1) is 7.45. The molecule has 0 radical (unpaired) electrons. The Kier molecular flexibility index (Phi) is 3.67. The van der Waals surface area contributed by atoms with E-state index in [-0.39, 0.29) is 17.1 Å². The number of carbonyl (C=O) groups is 1. The van der Waals surface area contributed by atoms with Gasteiger partial charge < -0.3 is 5.32 Å². The lowest BCUT2D eigenvalue weighted by Crippen LogP contribution is -2.25. The molecule has 86 valence electrons. The minimum atomic E-state index is -0.311. The average molecular weight is 220 g/mol. The minimum Gasteiger partial charge on any atom is -0.338 e. The van der Waals surface area contributed by atoms with Gasteiger partial charge >= 0.3 is 0 Å². The molecule has 0 aromatic carbocycles. The number of hydrogen-bond acceptors (Lipinski definition) is 3. The van der Waals surface area contributed by atoms with Crippen molar-refractivity contribution in [2.24, 2.45) is 0 Å². The van der Waals surface area contributed by atoms with Crippen molar-refractivity contribution in [3.05, 3.63) is 11.6 Å². The van der Waals surface area contributed by atoms with E-state index in [0.29, 0.717) is 12.4 Å². The van der Waals surface area contributed by atoms with Crippen LogP contribution in [0.15, 0.2) is 0 Å². The Morgan fingerprint density at radius 1 is 1.50 bits per heavy atom. The number of nitrogens with one attached hydrogen (secondary N) is 2. The minimum absolute atomic E-state index is 0.144. The van der Waals surface area contributed by atoms with E-state index in [1.807, 2.05) is 20.8 Å². The van der Waals surface area contributed by atoms with Gasteiger partial charge in [-0.1, -0.05) is 26.7 Å². The van der Waals surface area contributed by atoms with Crippen molar-refractivity contribution in [1.82, 2.24) is 20.5 Å². The van der Waals surface area contributed by atoms with Crippen molar-refractivity contribution in [2.75, 3.05) is 6.54 Å². The summed E-state index contributed by atoms with van der Waals surface area (Å²) < 4.78 is 0. The van der Waals surface area contributed by atoms with Crippen molar-refractivity contribution in [1.29, 1.82) is 0 Å². The van der Waals surface area contributed by atoms with Gasteiger partial charge in [-0.05, 0) is 6.92 Å². The predicted molar refractivity (Wildman–Crippen MR) is 60.9 cm³/mol. The van der Waals surface area contributed by atoms with Gasteiger partial charge in [-0.25, -0.2) is 4.98 Å². The fourth-order valence-electron chi connectivity index (χ4n) is 0.991. The fraction of sp³-hybridized carbons (Fsp3) is 0.545. The molecule has 2 N–H and O–H groups in total. The van der Waals surface area contributed by atoms with Gasteiger partial charge in [-0.15, -0.1) is 11.0 Å². The second-order valence-electron chi connectivity index (χ2n) is 4.37. The van der Waals surface area contributed by atoms with Crippen LogP contribution >= 0.6 is 0 Å². The van der Waals surface area contributed by atoms with Crippen LogP contribution in [0.25, 0.3) is 0 Å². The van der Waals surface area contributed by atoms with Crippen LogP contribution in [-0.2, 0) is 5.41 Å². The van der Waals surface area contributed by atoms with Crippen LogP contribution in [0, 0.1) is 11.8 Å². The summed E-state index contributed by atoms with van der Waals surface area (Å²) in [5.41, 5.74) is -0.144. The Bertz CT molecular complexity index is 431. The van der Waals surface area contributed by atoms with Gasteiger partial charge in [0.15, 0.2) is 0 Å². The zero-order valence-corrected chi connectivity index (χ0v) is 10.0. The molecule has 0 aliphatic carbocycles. The van der Waals surface area contributed by atoms with E-state index in [4.69, 9.17) is 0 Å². The fourth-order valence-corrected chi connectivity index (χ4v) is 0.991. The third-order valence-corrected chi connectivity index (χ3v) is 1.91. The Hall–Kier alpha value is -1.83. The zero-order chi connectivity index (χ0) is 12.2. The number of H-pyrrole nitrogens is 1. The van der Waals surface area contributed by atoms with Gasteiger partial charge in [0.25, 0.3) is 5.91 Å². The zero-order valence-electron chi connectivity index (χ0n) is 10.0. The number of rotatable bonds is 2. The molecule has 0 aliphatic heterocycles. The lowest BCUT2D eigenvalue weighted by atomic mass is 9.96. The summed E-state index contributed by atoms with van der Waals surface area (Å²) in [4.78, 5) is 15.7. The third-order valence-electron chi connectivity index (χ3n) is 1.91. The van der Waals surface area contributed by atoms with E-state index < -0.39 is 0 Å². The Morgan fingerprint density at radius 3 is 2.69 bits per heavy atom. The lowest BCUT2D eigenvalue weighted by molar-refractivity contribution is 0.0948. The standard InChI is InChI=1S/C11H16N4O/c1-5-6-7-12-9(16)8-13-10(15-14-8)11(2,3)4/h7H2,1-4H3,(H,12,16)(H,13,14,15). The van der Waals surface area contributed by atoms with Crippen LogP contribution in [0.2, 0.25) is 0 Å². The van der Waals surface area contributed by atoms with E-state index in [0.717, 1.165) is 0 Å². The molecular weight excluding hydrogens is 204 g/mol. The van der Waals surface area contributed by atoms with Crippen LogP contribution < -0.4 is 5.32 Å². The highest BCUT2D eigenvalue weighted by Gasteiger charge is 2.20. The molecule has 1 aromatic heterocycles. The van der Waals surface area contributed by atoms with Crippen molar-refractivity contribution in [3.8, 4) is 11.8 Å². The summed E-state index contributed by atoms with van der Waals surface area (Å²) in [5.74, 6) is 5.97. The molecule has 0 unspecified atom stereocenters. The quantitative estimate of drug-likeness (QED) is 0.726. The molecule has 0 saturated heterocycles. The summed E-state index contributed by atoms with van der Waals surface area (Å²) in [6.45, 7) is 8.03. The van der Waals surface area contributed by atoms with E-state index in [1.165, 1.54) is 0 Å². The topological polar surface area (TPSA) is 70.7 Å². The summed E-state index contributed by atoms with van der Waals surface area (Å²) in [6.07, 6.45) is 0. The molecule has 0 bridgehead atoms.